The Labute approximate surface area is 173 Å². The van der Waals surface area contributed by atoms with E-state index in [1.807, 2.05) is 12.3 Å². The molecule has 0 spiro atoms. The number of benzene rings is 1. The van der Waals surface area contributed by atoms with E-state index in [9.17, 15) is 4.79 Å². The standard InChI is InChI=1S/C24H33N3O2/c28-24-8-7-22(16-25-24)15-20-9-12-26(13-10-20)18-23-19-27(11-4-14-29-23)17-21-5-2-1-3-6-21/h1-3,5-8,16,20,23H,4,9-15,17-19H2,(H,25,28). The van der Waals surface area contributed by atoms with Gasteiger partial charge in [-0.15, -0.1) is 0 Å². The van der Waals surface area contributed by atoms with Gasteiger partial charge in [-0.3, -0.25) is 9.69 Å². The van der Waals surface area contributed by atoms with E-state index in [2.05, 4.69) is 45.1 Å². The molecule has 2 aliphatic heterocycles. The first-order chi connectivity index (χ1) is 14.2. The lowest BCUT2D eigenvalue weighted by atomic mass is 9.90. The Morgan fingerprint density at radius 1 is 0.966 bits per heavy atom. The summed E-state index contributed by atoms with van der Waals surface area (Å²) < 4.78 is 6.19. The molecule has 5 nitrogen and oxygen atoms in total. The van der Waals surface area contributed by atoms with E-state index in [0.717, 1.165) is 58.7 Å². The predicted molar refractivity (Wildman–Crippen MR) is 116 cm³/mol. The third-order valence-electron chi connectivity index (χ3n) is 6.23. The Morgan fingerprint density at radius 3 is 2.55 bits per heavy atom. The highest BCUT2D eigenvalue weighted by molar-refractivity contribution is 5.14. The first kappa shape index (κ1) is 20.3. The molecule has 2 saturated heterocycles. The summed E-state index contributed by atoms with van der Waals surface area (Å²) >= 11 is 0. The van der Waals surface area contributed by atoms with E-state index in [4.69, 9.17) is 4.74 Å². The monoisotopic (exact) mass is 395 g/mol. The fourth-order valence-electron chi connectivity index (χ4n) is 4.63. The van der Waals surface area contributed by atoms with Crippen molar-refractivity contribution in [3.63, 3.8) is 0 Å². The van der Waals surface area contributed by atoms with Crippen LogP contribution in [0.25, 0.3) is 0 Å². The lowest BCUT2D eigenvalue weighted by Gasteiger charge is -2.35. The number of piperidine rings is 1. The zero-order valence-corrected chi connectivity index (χ0v) is 17.3. The Hall–Kier alpha value is -1.95. The molecule has 1 aromatic heterocycles. The number of hydrogen-bond acceptors (Lipinski definition) is 4. The van der Waals surface area contributed by atoms with Crippen LogP contribution in [-0.4, -0.2) is 60.2 Å². The molecule has 2 aromatic rings. The topological polar surface area (TPSA) is 48.6 Å². The van der Waals surface area contributed by atoms with Gasteiger partial charge >= 0.3 is 0 Å². The number of nitrogens with one attached hydrogen (secondary N) is 1. The van der Waals surface area contributed by atoms with E-state index in [1.54, 1.807) is 6.07 Å². The van der Waals surface area contributed by atoms with Crippen LogP contribution >= 0.6 is 0 Å². The number of aromatic amines is 1. The average Bonchev–Trinajstić information content (AvgIpc) is 2.97. The summed E-state index contributed by atoms with van der Waals surface area (Å²) in [6.07, 6.45) is 6.80. The van der Waals surface area contributed by atoms with E-state index in [0.29, 0.717) is 12.0 Å². The molecule has 3 heterocycles. The van der Waals surface area contributed by atoms with Crippen LogP contribution in [0.3, 0.4) is 0 Å². The van der Waals surface area contributed by atoms with Gasteiger partial charge in [0.05, 0.1) is 6.10 Å². The van der Waals surface area contributed by atoms with Crippen LogP contribution in [0.1, 0.15) is 30.4 Å². The Bertz CT molecular complexity index is 779. The first-order valence-corrected chi connectivity index (χ1v) is 11.0. The molecule has 29 heavy (non-hydrogen) atoms. The summed E-state index contributed by atoms with van der Waals surface area (Å²) in [5, 5.41) is 0. The molecule has 0 saturated carbocycles. The maximum Gasteiger partial charge on any atom is 0.247 e. The highest BCUT2D eigenvalue weighted by Crippen LogP contribution is 2.22. The van der Waals surface area contributed by atoms with Crippen molar-refractivity contribution in [2.75, 3.05) is 39.3 Å². The fourth-order valence-corrected chi connectivity index (χ4v) is 4.63. The molecule has 2 fully saturated rings. The summed E-state index contributed by atoms with van der Waals surface area (Å²) in [7, 11) is 0. The Morgan fingerprint density at radius 2 is 1.79 bits per heavy atom. The second kappa shape index (κ2) is 10.2. The fraction of sp³-hybridized carbons (Fsp3) is 0.542. The van der Waals surface area contributed by atoms with E-state index >= 15 is 0 Å². The second-order valence-corrected chi connectivity index (χ2v) is 8.58. The molecular weight excluding hydrogens is 362 g/mol. The Kier molecular flexibility index (Phi) is 7.14. The van der Waals surface area contributed by atoms with Gasteiger partial charge in [-0.25, -0.2) is 0 Å². The summed E-state index contributed by atoms with van der Waals surface area (Å²) in [4.78, 5) is 19.1. The second-order valence-electron chi connectivity index (χ2n) is 8.58. The average molecular weight is 396 g/mol. The van der Waals surface area contributed by atoms with Crippen LogP contribution in [0.15, 0.2) is 53.5 Å². The Balaban J connectivity index is 1.23. The van der Waals surface area contributed by atoms with Crippen molar-refractivity contribution in [3.05, 3.63) is 70.1 Å². The van der Waals surface area contributed by atoms with Gasteiger partial charge in [-0.1, -0.05) is 36.4 Å². The molecule has 1 unspecified atom stereocenters. The molecular formula is C24H33N3O2. The number of ether oxygens (including phenoxy) is 1. The zero-order chi connectivity index (χ0) is 19.9. The number of rotatable bonds is 6. The van der Waals surface area contributed by atoms with Crippen LogP contribution in [0, 0.1) is 5.92 Å². The van der Waals surface area contributed by atoms with Gasteiger partial charge in [0, 0.05) is 45.0 Å². The van der Waals surface area contributed by atoms with Crippen molar-refractivity contribution >= 4 is 0 Å². The quantitative estimate of drug-likeness (QED) is 0.817. The van der Waals surface area contributed by atoms with Gasteiger partial charge in [-0.2, -0.15) is 0 Å². The molecule has 0 aliphatic carbocycles. The van der Waals surface area contributed by atoms with Gasteiger partial charge < -0.3 is 14.6 Å². The van der Waals surface area contributed by atoms with Crippen LogP contribution in [0.4, 0.5) is 0 Å². The highest BCUT2D eigenvalue weighted by Gasteiger charge is 2.25. The van der Waals surface area contributed by atoms with Crippen LogP contribution in [0.2, 0.25) is 0 Å². The maximum absolute atomic E-state index is 11.2. The largest absolute Gasteiger partial charge is 0.376 e. The van der Waals surface area contributed by atoms with Crippen molar-refractivity contribution < 1.29 is 4.74 Å². The maximum atomic E-state index is 11.2. The smallest absolute Gasteiger partial charge is 0.247 e. The van der Waals surface area contributed by atoms with Crippen molar-refractivity contribution in [1.29, 1.82) is 0 Å². The summed E-state index contributed by atoms with van der Waals surface area (Å²) in [6.45, 7) is 7.36. The number of pyridine rings is 1. The number of H-pyrrole nitrogens is 1. The zero-order valence-electron chi connectivity index (χ0n) is 17.3. The number of aromatic nitrogens is 1. The number of hydrogen-bond donors (Lipinski definition) is 1. The van der Waals surface area contributed by atoms with E-state index < -0.39 is 0 Å². The predicted octanol–water partition coefficient (Wildman–Crippen LogP) is 2.92. The lowest BCUT2D eigenvalue weighted by molar-refractivity contribution is 0.0178. The lowest BCUT2D eigenvalue weighted by Crippen LogP contribution is -2.43. The summed E-state index contributed by atoms with van der Waals surface area (Å²) in [6, 6.07) is 14.4. The van der Waals surface area contributed by atoms with Crippen LogP contribution in [-0.2, 0) is 17.7 Å². The molecule has 2 aliphatic rings. The molecule has 0 radical (unpaired) electrons. The SMILES string of the molecule is O=c1ccc(CC2CCN(CC3CN(Cc4ccccc4)CCCO3)CC2)c[nH]1. The van der Waals surface area contributed by atoms with E-state index in [1.165, 1.54) is 24.0 Å². The van der Waals surface area contributed by atoms with Crippen LogP contribution in [0.5, 0.6) is 0 Å². The summed E-state index contributed by atoms with van der Waals surface area (Å²) in [5.41, 5.74) is 2.61. The van der Waals surface area contributed by atoms with Crippen molar-refractivity contribution in [2.45, 2.75) is 38.3 Å². The van der Waals surface area contributed by atoms with Crippen molar-refractivity contribution in [1.82, 2.24) is 14.8 Å². The van der Waals surface area contributed by atoms with Crippen molar-refractivity contribution in [2.24, 2.45) is 5.92 Å². The number of nitrogens with zero attached hydrogens (tertiary/aromatic N) is 2. The molecule has 4 rings (SSSR count). The molecule has 0 bridgehead atoms. The molecule has 1 atom stereocenters. The molecule has 1 aromatic carbocycles. The first-order valence-electron chi connectivity index (χ1n) is 11.0. The normalized spacial score (nSPS) is 22.4. The van der Waals surface area contributed by atoms with E-state index in [-0.39, 0.29) is 5.56 Å². The third kappa shape index (κ3) is 6.26. The van der Waals surface area contributed by atoms with Gasteiger partial charge in [0.2, 0.25) is 5.56 Å². The molecule has 1 N–H and O–H groups in total. The number of likely N-dealkylation sites (tertiary alicyclic amines) is 1. The van der Waals surface area contributed by atoms with Crippen molar-refractivity contribution in [3.8, 4) is 0 Å². The van der Waals surface area contributed by atoms with Gasteiger partial charge in [0.25, 0.3) is 0 Å². The van der Waals surface area contributed by atoms with Crippen LogP contribution < -0.4 is 5.56 Å². The minimum Gasteiger partial charge on any atom is -0.376 e. The van der Waals surface area contributed by atoms with Gasteiger partial charge in [-0.05, 0) is 55.8 Å². The molecule has 5 heteroatoms. The minimum absolute atomic E-state index is 0.0201. The van der Waals surface area contributed by atoms with Gasteiger partial charge in [0.15, 0.2) is 0 Å². The highest BCUT2D eigenvalue weighted by atomic mass is 16.5. The molecule has 156 valence electrons. The third-order valence-corrected chi connectivity index (χ3v) is 6.23. The summed E-state index contributed by atoms with van der Waals surface area (Å²) in [5.74, 6) is 0.710. The van der Waals surface area contributed by atoms with Gasteiger partial charge in [0.1, 0.15) is 0 Å². The minimum atomic E-state index is -0.0201. The molecule has 0 amide bonds.